The van der Waals surface area contributed by atoms with Crippen LogP contribution < -0.4 is 0 Å². The molecule has 1 rings (SSSR count). The third kappa shape index (κ3) is 1.99. The van der Waals surface area contributed by atoms with Gasteiger partial charge >= 0.3 is 5.69 Å². The Morgan fingerprint density at radius 2 is 1.73 bits per heavy atom. The Bertz CT molecular complexity index is 528. The van der Waals surface area contributed by atoms with Gasteiger partial charge in [0.1, 0.15) is 17.7 Å². The monoisotopic (exact) mass is 329 g/mol. The van der Waals surface area contributed by atoms with Gasteiger partial charge in [0.2, 0.25) is 0 Å². The molecular formula is C8HBr2N3O2. The van der Waals surface area contributed by atoms with E-state index in [2.05, 4.69) is 31.9 Å². The highest BCUT2D eigenvalue weighted by molar-refractivity contribution is 9.11. The van der Waals surface area contributed by atoms with Crippen LogP contribution in [-0.4, -0.2) is 4.92 Å². The first-order chi connectivity index (χ1) is 7.02. The summed E-state index contributed by atoms with van der Waals surface area (Å²) in [6.45, 7) is 0. The molecule has 0 saturated carbocycles. The van der Waals surface area contributed by atoms with Crippen LogP contribution in [0.25, 0.3) is 0 Å². The SMILES string of the molecule is N#Cc1c(Br)cc(Br)c([N+](=O)[O-])c1C#N. The number of nitrogens with zero attached hydrogens (tertiary/aromatic N) is 3. The van der Waals surface area contributed by atoms with E-state index in [1.54, 1.807) is 12.1 Å². The Labute approximate surface area is 101 Å². The average molecular weight is 331 g/mol. The quantitative estimate of drug-likeness (QED) is 0.584. The summed E-state index contributed by atoms with van der Waals surface area (Å²) >= 11 is 6.03. The van der Waals surface area contributed by atoms with E-state index in [9.17, 15) is 10.1 Å². The van der Waals surface area contributed by atoms with E-state index >= 15 is 0 Å². The van der Waals surface area contributed by atoms with Crippen LogP contribution in [0.2, 0.25) is 0 Å². The second-order valence-corrected chi connectivity index (χ2v) is 4.13. The fourth-order valence-electron chi connectivity index (χ4n) is 1.01. The minimum absolute atomic E-state index is 0.0348. The molecule has 0 aliphatic rings. The molecule has 0 aliphatic heterocycles. The largest absolute Gasteiger partial charge is 0.302 e. The van der Waals surface area contributed by atoms with Crippen molar-refractivity contribution in [3.05, 3.63) is 36.3 Å². The maximum absolute atomic E-state index is 10.7. The maximum Gasteiger partial charge on any atom is 0.302 e. The van der Waals surface area contributed by atoms with Gasteiger partial charge in [0, 0.05) is 4.47 Å². The number of rotatable bonds is 1. The van der Waals surface area contributed by atoms with Crippen LogP contribution in [0, 0.1) is 32.8 Å². The van der Waals surface area contributed by atoms with Gasteiger partial charge in [0.25, 0.3) is 0 Å². The van der Waals surface area contributed by atoms with Gasteiger partial charge in [0.05, 0.1) is 15.0 Å². The van der Waals surface area contributed by atoms with E-state index < -0.39 is 10.6 Å². The summed E-state index contributed by atoms with van der Waals surface area (Å²) < 4.78 is 0.508. The van der Waals surface area contributed by atoms with Gasteiger partial charge in [-0.3, -0.25) is 10.1 Å². The van der Waals surface area contributed by atoms with Crippen molar-refractivity contribution in [2.45, 2.75) is 0 Å². The Balaban J connectivity index is 3.76. The molecule has 0 radical (unpaired) electrons. The molecule has 0 aliphatic carbocycles. The van der Waals surface area contributed by atoms with E-state index in [1.807, 2.05) is 0 Å². The zero-order valence-corrected chi connectivity index (χ0v) is 10.2. The fourth-order valence-corrected chi connectivity index (χ4v) is 2.40. The Kier molecular flexibility index (Phi) is 3.40. The Hall–Kier alpha value is -1.44. The van der Waals surface area contributed by atoms with Crippen LogP contribution in [0.15, 0.2) is 15.0 Å². The highest BCUT2D eigenvalue weighted by Crippen LogP contribution is 2.35. The summed E-state index contributed by atoms with van der Waals surface area (Å²) in [6, 6.07) is 4.77. The van der Waals surface area contributed by atoms with E-state index in [0.717, 1.165) is 0 Å². The Morgan fingerprint density at radius 1 is 1.20 bits per heavy atom. The van der Waals surface area contributed by atoms with Crippen molar-refractivity contribution >= 4 is 37.5 Å². The fraction of sp³-hybridized carbons (Fsp3) is 0. The smallest absolute Gasteiger partial charge is 0.258 e. The van der Waals surface area contributed by atoms with Gasteiger partial charge in [-0.15, -0.1) is 0 Å². The summed E-state index contributed by atoms with van der Waals surface area (Å²) in [5.41, 5.74) is -0.673. The van der Waals surface area contributed by atoms with Crippen molar-refractivity contribution in [2.24, 2.45) is 0 Å². The predicted molar refractivity (Wildman–Crippen MR) is 57.9 cm³/mol. The van der Waals surface area contributed by atoms with Crippen molar-refractivity contribution in [1.82, 2.24) is 0 Å². The van der Waals surface area contributed by atoms with Gasteiger partial charge in [-0.25, -0.2) is 0 Å². The number of hydrogen-bond acceptors (Lipinski definition) is 4. The summed E-state index contributed by atoms with van der Waals surface area (Å²) in [5.74, 6) is 0. The molecule has 0 spiro atoms. The van der Waals surface area contributed by atoms with Gasteiger partial charge in [0.15, 0.2) is 0 Å². The molecule has 5 nitrogen and oxygen atoms in total. The summed E-state index contributed by atoms with van der Waals surface area (Å²) in [4.78, 5) is 9.98. The zero-order valence-electron chi connectivity index (χ0n) is 6.99. The van der Waals surface area contributed by atoms with Crippen molar-refractivity contribution in [1.29, 1.82) is 10.5 Å². The molecule has 7 heteroatoms. The van der Waals surface area contributed by atoms with E-state index in [1.165, 1.54) is 6.07 Å². The number of hydrogen-bond donors (Lipinski definition) is 0. The van der Waals surface area contributed by atoms with Crippen molar-refractivity contribution in [2.75, 3.05) is 0 Å². The molecule has 74 valence electrons. The summed E-state index contributed by atoms with van der Waals surface area (Å²) in [5, 5.41) is 28.2. The first-order valence-electron chi connectivity index (χ1n) is 3.49. The minimum atomic E-state index is -0.698. The summed E-state index contributed by atoms with van der Waals surface area (Å²) in [7, 11) is 0. The first-order valence-corrected chi connectivity index (χ1v) is 5.08. The lowest BCUT2D eigenvalue weighted by Crippen LogP contribution is -1.97. The van der Waals surface area contributed by atoms with E-state index in [4.69, 9.17) is 10.5 Å². The van der Waals surface area contributed by atoms with Crippen molar-refractivity contribution in [3.8, 4) is 12.1 Å². The number of benzene rings is 1. The first kappa shape index (κ1) is 11.6. The zero-order chi connectivity index (χ0) is 11.6. The molecule has 0 atom stereocenters. The lowest BCUT2D eigenvalue weighted by Gasteiger charge is -2.01. The molecule has 15 heavy (non-hydrogen) atoms. The lowest BCUT2D eigenvalue weighted by molar-refractivity contribution is -0.386. The van der Waals surface area contributed by atoms with Crippen LogP contribution in [0.5, 0.6) is 0 Å². The van der Waals surface area contributed by atoms with E-state index in [-0.39, 0.29) is 15.6 Å². The Morgan fingerprint density at radius 3 is 2.13 bits per heavy atom. The highest BCUT2D eigenvalue weighted by atomic mass is 79.9. The minimum Gasteiger partial charge on any atom is -0.258 e. The van der Waals surface area contributed by atoms with Gasteiger partial charge in [-0.05, 0) is 37.9 Å². The molecule has 0 N–H and O–H groups in total. The van der Waals surface area contributed by atoms with Crippen LogP contribution in [0.1, 0.15) is 11.1 Å². The maximum atomic E-state index is 10.7. The van der Waals surface area contributed by atoms with Gasteiger partial charge in [-0.1, -0.05) is 0 Å². The molecule has 0 unspecified atom stereocenters. The van der Waals surface area contributed by atoms with Crippen LogP contribution in [0.3, 0.4) is 0 Å². The van der Waals surface area contributed by atoms with Crippen LogP contribution in [0.4, 0.5) is 5.69 Å². The standard InChI is InChI=1S/C8HBr2N3O2/c9-6-1-7(10)8(13(14)15)5(3-12)4(6)2-11/h1H. The predicted octanol–water partition coefficient (Wildman–Crippen LogP) is 2.86. The van der Waals surface area contributed by atoms with Crippen molar-refractivity contribution < 1.29 is 4.92 Å². The second kappa shape index (κ2) is 4.39. The molecule has 0 amide bonds. The van der Waals surface area contributed by atoms with Crippen LogP contribution >= 0.6 is 31.9 Å². The molecule has 1 aromatic carbocycles. The van der Waals surface area contributed by atoms with Crippen LogP contribution in [-0.2, 0) is 0 Å². The number of nitro benzene ring substituents is 1. The topological polar surface area (TPSA) is 90.7 Å². The molecule has 0 aromatic heterocycles. The number of nitriles is 2. The molecule has 0 fully saturated rings. The molecule has 0 heterocycles. The molecule has 1 aromatic rings. The second-order valence-electron chi connectivity index (χ2n) is 2.42. The number of halogens is 2. The third-order valence-electron chi connectivity index (χ3n) is 1.61. The van der Waals surface area contributed by atoms with E-state index in [0.29, 0.717) is 4.47 Å². The third-order valence-corrected chi connectivity index (χ3v) is 2.84. The molecule has 0 saturated heterocycles. The van der Waals surface area contributed by atoms with Gasteiger partial charge in [-0.2, -0.15) is 10.5 Å². The average Bonchev–Trinajstić information content (AvgIpc) is 2.15. The number of nitro groups is 1. The summed E-state index contributed by atoms with van der Waals surface area (Å²) in [6.07, 6.45) is 0. The van der Waals surface area contributed by atoms with Gasteiger partial charge < -0.3 is 0 Å². The van der Waals surface area contributed by atoms with Crippen molar-refractivity contribution in [3.63, 3.8) is 0 Å². The molecular weight excluding hydrogens is 330 g/mol. The molecule has 0 bridgehead atoms. The lowest BCUT2D eigenvalue weighted by atomic mass is 10.1. The highest BCUT2D eigenvalue weighted by Gasteiger charge is 2.24. The normalized spacial score (nSPS) is 9.07.